The minimum atomic E-state index is 0.584. The zero-order valence-corrected chi connectivity index (χ0v) is 10.0. The van der Waals surface area contributed by atoms with Gasteiger partial charge in [-0.1, -0.05) is 6.92 Å². The molecule has 16 heavy (non-hydrogen) atoms. The second-order valence-electron chi connectivity index (χ2n) is 3.47. The Balaban J connectivity index is 2.34. The molecule has 0 bridgehead atoms. The van der Waals surface area contributed by atoms with Crippen molar-refractivity contribution in [3.05, 3.63) is 24.0 Å². The summed E-state index contributed by atoms with van der Waals surface area (Å²) in [5, 5.41) is 3.08. The standard InChI is InChI=1S/C12H20N2O2/c1-3-6-15-7-8-16-12-4-5-14-10-11(12)9-13-2/h4-5,10,13H,3,6-9H2,1-2H3. The first-order chi connectivity index (χ1) is 7.88. The van der Waals surface area contributed by atoms with Gasteiger partial charge in [0.15, 0.2) is 0 Å². The van der Waals surface area contributed by atoms with Crippen LogP contribution >= 0.6 is 0 Å². The number of hydrogen-bond acceptors (Lipinski definition) is 4. The van der Waals surface area contributed by atoms with Crippen LogP contribution in [0, 0.1) is 0 Å². The summed E-state index contributed by atoms with van der Waals surface area (Å²) in [4.78, 5) is 4.07. The predicted molar refractivity (Wildman–Crippen MR) is 63.6 cm³/mol. The highest BCUT2D eigenvalue weighted by atomic mass is 16.5. The molecule has 0 aromatic carbocycles. The molecule has 90 valence electrons. The molecule has 1 rings (SSSR count). The monoisotopic (exact) mass is 224 g/mol. The van der Waals surface area contributed by atoms with E-state index in [0.717, 1.165) is 30.9 Å². The van der Waals surface area contributed by atoms with Gasteiger partial charge in [-0.05, 0) is 19.5 Å². The van der Waals surface area contributed by atoms with Gasteiger partial charge in [-0.15, -0.1) is 0 Å². The summed E-state index contributed by atoms with van der Waals surface area (Å²) in [6.45, 7) is 4.87. The smallest absolute Gasteiger partial charge is 0.126 e. The van der Waals surface area contributed by atoms with Crippen molar-refractivity contribution in [3.8, 4) is 5.75 Å². The zero-order chi connectivity index (χ0) is 11.6. The summed E-state index contributed by atoms with van der Waals surface area (Å²) in [5.74, 6) is 0.879. The first-order valence-corrected chi connectivity index (χ1v) is 5.66. The van der Waals surface area contributed by atoms with Gasteiger partial charge in [-0.25, -0.2) is 0 Å². The molecule has 1 aromatic rings. The van der Waals surface area contributed by atoms with E-state index in [2.05, 4.69) is 17.2 Å². The summed E-state index contributed by atoms with van der Waals surface area (Å²) in [5.41, 5.74) is 1.07. The first kappa shape index (κ1) is 12.9. The fourth-order valence-corrected chi connectivity index (χ4v) is 1.34. The summed E-state index contributed by atoms with van der Waals surface area (Å²) in [6.07, 6.45) is 4.60. The third kappa shape index (κ3) is 4.59. The maximum absolute atomic E-state index is 5.63. The van der Waals surface area contributed by atoms with Crippen molar-refractivity contribution in [2.45, 2.75) is 19.9 Å². The molecule has 4 nitrogen and oxygen atoms in total. The molecule has 0 amide bonds. The quantitative estimate of drug-likeness (QED) is 0.681. The van der Waals surface area contributed by atoms with E-state index in [1.54, 1.807) is 6.20 Å². The Morgan fingerprint density at radius 2 is 2.19 bits per heavy atom. The topological polar surface area (TPSA) is 43.4 Å². The van der Waals surface area contributed by atoms with E-state index < -0.39 is 0 Å². The van der Waals surface area contributed by atoms with Crippen molar-refractivity contribution in [3.63, 3.8) is 0 Å². The van der Waals surface area contributed by atoms with E-state index in [9.17, 15) is 0 Å². The lowest BCUT2D eigenvalue weighted by atomic mass is 10.2. The van der Waals surface area contributed by atoms with Gasteiger partial charge >= 0.3 is 0 Å². The lowest BCUT2D eigenvalue weighted by molar-refractivity contribution is 0.100. The van der Waals surface area contributed by atoms with E-state index in [0.29, 0.717) is 13.2 Å². The second kappa shape index (κ2) is 8.07. The molecule has 0 radical (unpaired) electrons. The predicted octanol–water partition coefficient (Wildman–Crippen LogP) is 1.61. The van der Waals surface area contributed by atoms with Crippen LogP contribution in [0.3, 0.4) is 0 Å². The van der Waals surface area contributed by atoms with Crippen LogP contribution in [0.2, 0.25) is 0 Å². The number of ether oxygens (including phenoxy) is 2. The lowest BCUT2D eigenvalue weighted by Crippen LogP contribution is -2.11. The van der Waals surface area contributed by atoms with Crippen LogP contribution in [0.5, 0.6) is 5.75 Å². The molecule has 0 saturated heterocycles. The largest absolute Gasteiger partial charge is 0.491 e. The van der Waals surface area contributed by atoms with E-state index in [1.807, 2.05) is 19.3 Å². The fraction of sp³-hybridized carbons (Fsp3) is 0.583. The van der Waals surface area contributed by atoms with Crippen molar-refractivity contribution in [1.82, 2.24) is 10.3 Å². The molecule has 1 heterocycles. The second-order valence-corrected chi connectivity index (χ2v) is 3.47. The van der Waals surface area contributed by atoms with Crippen LogP contribution in [-0.2, 0) is 11.3 Å². The Hall–Kier alpha value is -1.13. The lowest BCUT2D eigenvalue weighted by Gasteiger charge is -2.10. The van der Waals surface area contributed by atoms with Crippen molar-refractivity contribution in [1.29, 1.82) is 0 Å². The van der Waals surface area contributed by atoms with Crippen LogP contribution in [-0.4, -0.2) is 31.9 Å². The van der Waals surface area contributed by atoms with Gasteiger partial charge in [0.2, 0.25) is 0 Å². The molecule has 0 saturated carbocycles. The Kier molecular flexibility index (Phi) is 6.53. The summed E-state index contributed by atoms with van der Waals surface area (Å²) in [7, 11) is 1.90. The fourth-order valence-electron chi connectivity index (χ4n) is 1.34. The van der Waals surface area contributed by atoms with Gasteiger partial charge < -0.3 is 14.8 Å². The van der Waals surface area contributed by atoms with Crippen LogP contribution < -0.4 is 10.1 Å². The van der Waals surface area contributed by atoms with Gasteiger partial charge in [0, 0.05) is 31.1 Å². The maximum atomic E-state index is 5.63. The average Bonchev–Trinajstić information content (AvgIpc) is 2.31. The highest BCUT2D eigenvalue weighted by molar-refractivity contribution is 5.29. The minimum Gasteiger partial charge on any atom is -0.491 e. The Labute approximate surface area is 97.0 Å². The minimum absolute atomic E-state index is 0.584. The highest BCUT2D eigenvalue weighted by Crippen LogP contribution is 2.15. The van der Waals surface area contributed by atoms with Gasteiger partial charge in [-0.2, -0.15) is 0 Å². The molecule has 0 aliphatic rings. The number of hydrogen-bond donors (Lipinski definition) is 1. The number of nitrogens with zero attached hydrogens (tertiary/aromatic N) is 1. The third-order valence-corrected chi connectivity index (χ3v) is 2.06. The number of pyridine rings is 1. The Bertz CT molecular complexity index is 292. The maximum Gasteiger partial charge on any atom is 0.126 e. The van der Waals surface area contributed by atoms with Gasteiger partial charge in [0.05, 0.1) is 6.61 Å². The SMILES string of the molecule is CCCOCCOc1ccncc1CNC. The summed E-state index contributed by atoms with van der Waals surface area (Å²) < 4.78 is 11.0. The molecule has 0 spiro atoms. The molecule has 0 unspecified atom stereocenters. The molecule has 0 aliphatic heterocycles. The molecule has 0 aliphatic carbocycles. The number of rotatable bonds is 8. The number of nitrogens with one attached hydrogen (secondary N) is 1. The summed E-state index contributed by atoms with van der Waals surface area (Å²) in [6, 6.07) is 1.88. The molecule has 0 fully saturated rings. The Morgan fingerprint density at radius 3 is 2.94 bits per heavy atom. The van der Waals surface area contributed by atoms with E-state index in [1.165, 1.54) is 0 Å². The van der Waals surface area contributed by atoms with E-state index in [4.69, 9.17) is 9.47 Å². The van der Waals surface area contributed by atoms with Gasteiger partial charge in [0.25, 0.3) is 0 Å². The molecular weight excluding hydrogens is 204 g/mol. The van der Waals surface area contributed by atoms with Crippen molar-refractivity contribution in [2.75, 3.05) is 26.9 Å². The first-order valence-electron chi connectivity index (χ1n) is 5.66. The van der Waals surface area contributed by atoms with E-state index >= 15 is 0 Å². The van der Waals surface area contributed by atoms with Crippen molar-refractivity contribution in [2.24, 2.45) is 0 Å². The van der Waals surface area contributed by atoms with Gasteiger partial charge in [-0.3, -0.25) is 4.98 Å². The Morgan fingerprint density at radius 1 is 1.31 bits per heavy atom. The molecule has 0 atom stereocenters. The van der Waals surface area contributed by atoms with E-state index in [-0.39, 0.29) is 0 Å². The average molecular weight is 224 g/mol. The van der Waals surface area contributed by atoms with Crippen LogP contribution in [0.4, 0.5) is 0 Å². The zero-order valence-electron chi connectivity index (χ0n) is 10.0. The molecule has 4 heteroatoms. The molecule has 1 aromatic heterocycles. The van der Waals surface area contributed by atoms with Crippen LogP contribution in [0.1, 0.15) is 18.9 Å². The third-order valence-electron chi connectivity index (χ3n) is 2.06. The molecule has 1 N–H and O–H groups in total. The van der Waals surface area contributed by atoms with Gasteiger partial charge in [0.1, 0.15) is 12.4 Å². The number of aromatic nitrogens is 1. The van der Waals surface area contributed by atoms with Crippen LogP contribution in [0.25, 0.3) is 0 Å². The highest BCUT2D eigenvalue weighted by Gasteiger charge is 2.01. The molecular formula is C12H20N2O2. The van der Waals surface area contributed by atoms with Crippen molar-refractivity contribution >= 4 is 0 Å². The van der Waals surface area contributed by atoms with Crippen LogP contribution in [0.15, 0.2) is 18.5 Å². The summed E-state index contributed by atoms with van der Waals surface area (Å²) >= 11 is 0. The van der Waals surface area contributed by atoms with Crippen molar-refractivity contribution < 1.29 is 9.47 Å². The normalized spacial score (nSPS) is 10.4.